The fourth-order valence-electron chi connectivity index (χ4n) is 1.80. The second kappa shape index (κ2) is 5.44. The number of rotatable bonds is 2. The maximum absolute atomic E-state index is 12.8. The van der Waals surface area contributed by atoms with Crippen molar-refractivity contribution in [1.29, 1.82) is 0 Å². The molecule has 0 saturated carbocycles. The molecule has 7 heteroatoms. The van der Waals surface area contributed by atoms with Crippen molar-refractivity contribution < 1.29 is 17.9 Å². The Labute approximate surface area is 111 Å². The van der Waals surface area contributed by atoms with E-state index in [1.165, 1.54) is 6.20 Å². The Morgan fingerprint density at radius 2 is 2.22 bits per heavy atom. The van der Waals surface area contributed by atoms with Crippen molar-refractivity contribution in [3.05, 3.63) is 22.3 Å². The van der Waals surface area contributed by atoms with Crippen LogP contribution in [0.5, 0.6) is 5.88 Å². The molecule has 1 saturated heterocycles. The van der Waals surface area contributed by atoms with Gasteiger partial charge in [-0.15, -0.1) is 0 Å². The van der Waals surface area contributed by atoms with Crippen molar-refractivity contribution in [3.8, 4) is 5.88 Å². The Balaban J connectivity index is 2.21. The standard InChI is InChI=1S/C11H12BrF3N2O/c12-7-4-9(11(13,14)15)10(17-5-7)18-8-2-1-3-16-6-8/h4-5,8,16H,1-3,6H2. The molecule has 1 aliphatic rings. The topological polar surface area (TPSA) is 34.1 Å². The van der Waals surface area contributed by atoms with Gasteiger partial charge in [-0.05, 0) is 41.4 Å². The Morgan fingerprint density at radius 1 is 1.44 bits per heavy atom. The van der Waals surface area contributed by atoms with Gasteiger partial charge in [0.25, 0.3) is 0 Å². The van der Waals surface area contributed by atoms with Crippen molar-refractivity contribution in [3.63, 3.8) is 0 Å². The normalized spacial score (nSPS) is 20.8. The molecule has 1 atom stereocenters. The van der Waals surface area contributed by atoms with Gasteiger partial charge in [0.2, 0.25) is 5.88 Å². The monoisotopic (exact) mass is 324 g/mol. The van der Waals surface area contributed by atoms with Crippen LogP contribution in [0.4, 0.5) is 13.2 Å². The molecule has 100 valence electrons. The van der Waals surface area contributed by atoms with Gasteiger partial charge in [-0.1, -0.05) is 0 Å². The number of nitrogens with zero attached hydrogens (tertiary/aromatic N) is 1. The van der Waals surface area contributed by atoms with E-state index in [0.717, 1.165) is 25.5 Å². The Kier molecular flexibility index (Phi) is 4.11. The third kappa shape index (κ3) is 3.35. The van der Waals surface area contributed by atoms with E-state index in [0.29, 0.717) is 6.54 Å². The first-order chi connectivity index (χ1) is 8.47. The van der Waals surface area contributed by atoms with E-state index < -0.39 is 11.7 Å². The molecule has 0 aromatic carbocycles. The minimum atomic E-state index is -4.46. The molecule has 0 radical (unpaired) electrons. The number of hydrogen-bond acceptors (Lipinski definition) is 3. The SMILES string of the molecule is FC(F)(F)c1cc(Br)cnc1OC1CCCNC1. The maximum atomic E-state index is 12.8. The molecular formula is C11H12BrF3N2O. The minimum absolute atomic E-state index is 0.256. The molecule has 2 rings (SSSR count). The van der Waals surface area contributed by atoms with Crippen LogP contribution in [-0.2, 0) is 6.18 Å². The van der Waals surface area contributed by atoms with Gasteiger partial charge in [0.1, 0.15) is 11.7 Å². The van der Waals surface area contributed by atoms with E-state index in [2.05, 4.69) is 26.2 Å². The number of alkyl halides is 3. The fraction of sp³-hybridized carbons (Fsp3) is 0.545. The average Bonchev–Trinajstić information content (AvgIpc) is 2.31. The van der Waals surface area contributed by atoms with Crippen molar-refractivity contribution in [2.24, 2.45) is 0 Å². The summed E-state index contributed by atoms with van der Waals surface area (Å²) in [5, 5.41) is 3.08. The number of hydrogen-bond donors (Lipinski definition) is 1. The summed E-state index contributed by atoms with van der Waals surface area (Å²) in [6.45, 7) is 1.43. The van der Waals surface area contributed by atoms with Gasteiger partial charge >= 0.3 is 6.18 Å². The first-order valence-corrected chi connectivity index (χ1v) is 6.36. The summed E-state index contributed by atoms with van der Waals surface area (Å²) in [4.78, 5) is 3.72. The first-order valence-electron chi connectivity index (χ1n) is 5.57. The van der Waals surface area contributed by atoms with E-state index in [1.54, 1.807) is 0 Å². The third-order valence-electron chi connectivity index (χ3n) is 2.65. The Hall–Kier alpha value is -0.820. The number of ether oxygens (including phenoxy) is 1. The summed E-state index contributed by atoms with van der Waals surface area (Å²) >= 11 is 2.98. The molecule has 1 aromatic heterocycles. The van der Waals surface area contributed by atoms with Gasteiger partial charge in [-0.3, -0.25) is 0 Å². The lowest BCUT2D eigenvalue weighted by Crippen LogP contribution is -2.37. The van der Waals surface area contributed by atoms with Gasteiger partial charge < -0.3 is 10.1 Å². The van der Waals surface area contributed by atoms with Crippen LogP contribution in [0.2, 0.25) is 0 Å². The zero-order valence-corrected chi connectivity index (χ0v) is 11.0. The van der Waals surface area contributed by atoms with Crippen molar-refractivity contribution in [1.82, 2.24) is 10.3 Å². The molecule has 1 fully saturated rings. The largest absolute Gasteiger partial charge is 0.473 e. The van der Waals surface area contributed by atoms with Crippen LogP contribution in [0, 0.1) is 0 Å². The van der Waals surface area contributed by atoms with Gasteiger partial charge in [0.15, 0.2) is 0 Å². The molecule has 0 aliphatic carbocycles. The summed E-state index contributed by atoms with van der Waals surface area (Å²) in [6, 6.07) is 0.985. The van der Waals surface area contributed by atoms with Crippen LogP contribution in [0.25, 0.3) is 0 Å². The second-order valence-corrected chi connectivity index (χ2v) is 5.01. The lowest BCUT2D eigenvalue weighted by Gasteiger charge is -2.24. The average molecular weight is 325 g/mol. The van der Waals surface area contributed by atoms with E-state index in [1.807, 2.05) is 0 Å². The summed E-state index contributed by atoms with van der Waals surface area (Å²) < 4.78 is 44.1. The maximum Gasteiger partial charge on any atom is 0.421 e. The minimum Gasteiger partial charge on any atom is -0.473 e. The van der Waals surface area contributed by atoms with Crippen molar-refractivity contribution in [2.75, 3.05) is 13.1 Å². The van der Waals surface area contributed by atoms with Gasteiger partial charge in [0.05, 0.1) is 0 Å². The highest BCUT2D eigenvalue weighted by atomic mass is 79.9. The lowest BCUT2D eigenvalue weighted by molar-refractivity contribution is -0.139. The molecule has 1 aromatic rings. The van der Waals surface area contributed by atoms with Gasteiger partial charge in [-0.25, -0.2) is 4.98 Å². The number of halogens is 4. The molecule has 3 nitrogen and oxygen atoms in total. The molecular weight excluding hydrogens is 313 g/mol. The quantitative estimate of drug-likeness (QED) is 0.908. The van der Waals surface area contributed by atoms with Gasteiger partial charge in [-0.2, -0.15) is 13.2 Å². The summed E-state index contributed by atoms with van der Waals surface area (Å²) in [5.74, 6) is -0.348. The van der Waals surface area contributed by atoms with E-state index >= 15 is 0 Å². The van der Waals surface area contributed by atoms with Crippen molar-refractivity contribution in [2.45, 2.75) is 25.1 Å². The molecule has 2 heterocycles. The third-order valence-corrected chi connectivity index (χ3v) is 3.09. The van der Waals surface area contributed by atoms with Crippen molar-refractivity contribution >= 4 is 15.9 Å². The van der Waals surface area contributed by atoms with E-state index in [9.17, 15) is 13.2 Å². The zero-order chi connectivity index (χ0) is 13.2. The molecule has 0 spiro atoms. The number of aromatic nitrogens is 1. The molecule has 0 bridgehead atoms. The zero-order valence-electron chi connectivity index (χ0n) is 9.43. The van der Waals surface area contributed by atoms with Crippen LogP contribution < -0.4 is 10.1 Å². The molecule has 1 N–H and O–H groups in total. The smallest absolute Gasteiger partial charge is 0.421 e. The highest BCUT2D eigenvalue weighted by Crippen LogP contribution is 2.37. The van der Waals surface area contributed by atoms with Crippen LogP contribution in [0.3, 0.4) is 0 Å². The highest BCUT2D eigenvalue weighted by molar-refractivity contribution is 9.10. The number of pyridine rings is 1. The van der Waals surface area contributed by atoms with Gasteiger partial charge in [0, 0.05) is 17.2 Å². The fourth-order valence-corrected chi connectivity index (χ4v) is 2.13. The summed E-state index contributed by atoms with van der Waals surface area (Å²) in [6.07, 6.45) is -1.78. The molecule has 18 heavy (non-hydrogen) atoms. The van der Waals surface area contributed by atoms with Crippen LogP contribution >= 0.6 is 15.9 Å². The predicted octanol–water partition coefficient (Wildman–Crippen LogP) is 2.99. The predicted molar refractivity (Wildman–Crippen MR) is 63.5 cm³/mol. The number of nitrogens with one attached hydrogen (secondary N) is 1. The Bertz CT molecular complexity index is 419. The highest BCUT2D eigenvalue weighted by Gasteiger charge is 2.36. The van der Waals surface area contributed by atoms with E-state index in [-0.39, 0.29) is 16.5 Å². The van der Waals surface area contributed by atoms with Crippen LogP contribution in [0.15, 0.2) is 16.7 Å². The number of piperidine rings is 1. The molecule has 1 unspecified atom stereocenters. The molecule has 0 amide bonds. The first kappa shape index (κ1) is 13.6. The van der Waals surface area contributed by atoms with E-state index in [4.69, 9.17) is 4.74 Å². The summed E-state index contributed by atoms with van der Waals surface area (Å²) in [7, 11) is 0. The second-order valence-electron chi connectivity index (χ2n) is 4.09. The van der Waals surface area contributed by atoms with Crippen LogP contribution in [-0.4, -0.2) is 24.2 Å². The molecule has 1 aliphatic heterocycles. The summed E-state index contributed by atoms with van der Waals surface area (Å²) in [5.41, 5.74) is -0.845. The lowest BCUT2D eigenvalue weighted by atomic mass is 10.1. The van der Waals surface area contributed by atoms with Crippen LogP contribution in [0.1, 0.15) is 18.4 Å². The Morgan fingerprint density at radius 3 is 2.83 bits per heavy atom.